The minimum atomic E-state index is -0.655. The molecule has 0 aromatic heterocycles. The van der Waals surface area contributed by atoms with Crippen LogP contribution in [-0.4, -0.2) is 41.0 Å². The van der Waals surface area contributed by atoms with Crippen LogP contribution in [0.15, 0.2) is 58.6 Å². The smallest absolute Gasteiger partial charge is 0.295 e. The van der Waals surface area contributed by atoms with Gasteiger partial charge in [-0.1, -0.05) is 59.3 Å². The van der Waals surface area contributed by atoms with Gasteiger partial charge in [0.2, 0.25) is 0 Å². The molecule has 30 heavy (non-hydrogen) atoms. The summed E-state index contributed by atoms with van der Waals surface area (Å²) in [7, 11) is 0. The number of ketones is 1. The monoisotopic (exact) mass is 469 g/mol. The molecule has 0 saturated carbocycles. The molecule has 0 radical (unpaired) electrons. The summed E-state index contributed by atoms with van der Waals surface area (Å²) >= 11 is 3.38. The molecular formula is C24H24BrNO4. The Labute approximate surface area is 184 Å². The maximum absolute atomic E-state index is 13.0. The molecule has 2 aromatic rings. The van der Waals surface area contributed by atoms with E-state index in [2.05, 4.69) is 22.9 Å². The van der Waals surface area contributed by atoms with Crippen LogP contribution in [0.25, 0.3) is 5.76 Å². The Morgan fingerprint density at radius 1 is 1.13 bits per heavy atom. The second kappa shape index (κ2) is 8.74. The minimum Gasteiger partial charge on any atom is -0.507 e. The molecule has 2 heterocycles. The molecule has 2 saturated heterocycles. The van der Waals surface area contributed by atoms with Gasteiger partial charge in [-0.25, -0.2) is 0 Å². The van der Waals surface area contributed by atoms with E-state index >= 15 is 0 Å². The van der Waals surface area contributed by atoms with Crippen molar-refractivity contribution in [2.75, 3.05) is 13.2 Å². The molecular weight excluding hydrogens is 446 g/mol. The molecule has 6 heteroatoms. The van der Waals surface area contributed by atoms with E-state index in [9.17, 15) is 14.7 Å². The number of nitrogens with zero attached hydrogens (tertiary/aromatic N) is 1. The number of halogens is 1. The molecule has 2 aliphatic heterocycles. The van der Waals surface area contributed by atoms with Crippen molar-refractivity contribution in [3.8, 4) is 0 Å². The van der Waals surface area contributed by atoms with Crippen LogP contribution < -0.4 is 0 Å². The van der Waals surface area contributed by atoms with Gasteiger partial charge in [-0.3, -0.25) is 9.59 Å². The highest BCUT2D eigenvalue weighted by atomic mass is 79.9. The van der Waals surface area contributed by atoms with Crippen molar-refractivity contribution in [3.05, 3.63) is 75.3 Å². The summed E-state index contributed by atoms with van der Waals surface area (Å²) in [5.41, 5.74) is 2.61. The van der Waals surface area contributed by atoms with Crippen LogP contribution in [0.1, 0.15) is 42.5 Å². The molecule has 4 rings (SSSR count). The van der Waals surface area contributed by atoms with E-state index in [4.69, 9.17) is 4.74 Å². The van der Waals surface area contributed by atoms with E-state index in [-0.39, 0.29) is 17.4 Å². The summed E-state index contributed by atoms with van der Waals surface area (Å²) in [6.45, 7) is 3.08. The number of carbonyl (C=O) groups is 2. The number of rotatable bonds is 5. The van der Waals surface area contributed by atoms with E-state index in [1.807, 2.05) is 24.3 Å². The van der Waals surface area contributed by atoms with Crippen molar-refractivity contribution in [1.29, 1.82) is 0 Å². The molecule has 2 unspecified atom stereocenters. The Morgan fingerprint density at radius 2 is 1.83 bits per heavy atom. The lowest BCUT2D eigenvalue weighted by Crippen LogP contribution is -2.36. The molecule has 0 aliphatic carbocycles. The van der Waals surface area contributed by atoms with Gasteiger partial charge in [0.1, 0.15) is 5.76 Å². The summed E-state index contributed by atoms with van der Waals surface area (Å²) in [5, 5.41) is 11.0. The van der Waals surface area contributed by atoms with Crippen molar-refractivity contribution >= 4 is 33.4 Å². The van der Waals surface area contributed by atoms with Crippen molar-refractivity contribution in [2.24, 2.45) is 0 Å². The molecule has 2 aromatic carbocycles. The van der Waals surface area contributed by atoms with Gasteiger partial charge in [-0.15, -0.1) is 0 Å². The van der Waals surface area contributed by atoms with Crippen molar-refractivity contribution in [3.63, 3.8) is 0 Å². The fraction of sp³-hybridized carbons (Fsp3) is 0.333. The number of aryl methyl sites for hydroxylation is 1. The van der Waals surface area contributed by atoms with Crippen LogP contribution in [0, 0.1) is 0 Å². The van der Waals surface area contributed by atoms with Crippen LogP contribution in [-0.2, 0) is 20.7 Å². The molecule has 156 valence electrons. The second-order valence-electron chi connectivity index (χ2n) is 7.69. The van der Waals surface area contributed by atoms with Crippen molar-refractivity contribution < 1.29 is 19.4 Å². The number of likely N-dealkylation sites (tertiary alicyclic amines) is 1. The van der Waals surface area contributed by atoms with Gasteiger partial charge in [0.25, 0.3) is 11.7 Å². The van der Waals surface area contributed by atoms with E-state index in [1.165, 1.54) is 5.56 Å². The van der Waals surface area contributed by atoms with E-state index < -0.39 is 17.7 Å². The zero-order chi connectivity index (χ0) is 21.3. The highest BCUT2D eigenvalue weighted by Crippen LogP contribution is 2.40. The number of aliphatic hydroxyl groups is 1. The lowest BCUT2D eigenvalue weighted by molar-refractivity contribution is -0.140. The number of carbonyl (C=O) groups excluding carboxylic acids is 2. The maximum atomic E-state index is 13.0. The Balaban J connectivity index is 1.80. The normalized spacial score (nSPS) is 23.3. The predicted molar refractivity (Wildman–Crippen MR) is 118 cm³/mol. The number of aliphatic hydroxyl groups excluding tert-OH is 1. The van der Waals surface area contributed by atoms with Gasteiger partial charge in [0.15, 0.2) is 0 Å². The fourth-order valence-electron chi connectivity index (χ4n) is 4.12. The van der Waals surface area contributed by atoms with Gasteiger partial charge in [0.05, 0.1) is 17.7 Å². The molecule has 0 bridgehead atoms. The second-order valence-corrected chi connectivity index (χ2v) is 8.60. The molecule has 2 fully saturated rings. The van der Waals surface area contributed by atoms with Gasteiger partial charge >= 0.3 is 0 Å². The lowest BCUT2D eigenvalue weighted by atomic mass is 9.94. The number of amides is 1. The number of Topliss-reactive ketones (excluding diaryl/α,β-unsaturated/α-hetero) is 1. The SMILES string of the molecule is CCc1ccc(C2/C(=C(/O)c3ccc(Br)cc3)C(=O)C(=O)N2CC2CCCO2)cc1. The third-order valence-corrected chi connectivity index (χ3v) is 6.31. The number of hydrogen-bond acceptors (Lipinski definition) is 4. The summed E-state index contributed by atoms with van der Waals surface area (Å²) in [5.74, 6) is -1.40. The standard InChI is InChI=1S/C24H24BrNO4/c1-2-15-5-7-16(8-6-15)21-20(22(27)17-9-11-18(25)12-10-17)23(28)24(29)26(21)14-19-4-3-13-30-19/h5-12,19,21,27H,2-4,13-14H2,1H3/b22-20-. The number of hydrogen-bond donors (Lipinski definition) is 1. The number of ether oxygens (including phenoxy) is 1. The first-order valence-electron chi connectivity index (χ1n) is 10.2. The molecule has 2 aliphatic rings. The van der Waals surface area contributed by atoms with Crippen molar-refractivity contribution in [1.82, 2.24) is 4.90 Å². The summed E-state index contributed by atoms with van der Waals surface area (Å²) in [6, 6.07) is 14.3. The third kappa shape index (κ3) is 3.94. The van der Waals surface area contributed by atoms with Crippen LogP contribution in [0.5, 0.6) is 0 Å². The van der Waals surface area contributed by atoms with Crippen molar-refractivity contribution in [2.45, 2.75) is 38.3 Å². The first kappa shape index (κ1) is 20.8. The van der Waals surface area contributed by atoms with Crippen LogP contribution in [0.2, 0.25) is 0 Å². The Bertz CT molecular complexity index is 975. The molecule has 1 amide bonds. The van der Waals surface area contributed by atoms with E-state index in [0.29, 0.717) is 18.7 Å². The molecule has 1 N–H and O–H groups in total. The quantitative estimate of drug-likeness (QED) is 0.394. The zero-order valence-corrected chi connectivity index (χ0v) is 18.4. The number of benzene rings is 2. The van der Waals surface area contributed by atoms with Crippen LogP contribution in [0.4, 0.5) is 0 Å². The first-order chi connectivity index (χ1) is 14.5. The summed E-state index contributed by atoms with van der Waals surface area (Å²) in [6.07, 6.45) is 2.61. The maximum Gasteiger partial charge on any atom is 0.295 e. The van der Waals surface area contributed by atoms with E-state index in [1.54, 1.807) is 29.2 Å². The van der Waals surface area contributed by atoms with Gasteiger partial charge < -0.3 is 14.7 Å². The van der Waals surface area contributed by atoms with Gasteiger partial charge in [-0.2, -0.15) is 0 Å². The topological polar surface area (TPSA) is 66.8 Å². The summed E-state index contributed by atoms with van der Waals surface area (Å²) < 4.78 is 6.59. The third-order valence-electron chi connectivity index (χ3n) is 5.79. The first-order valence-corrected chi connectivity index (χ1v) is 11.0. The zero-order valence-electron chi connectivity index (χ0n) is 16.8. The van der Waals surface area contributed by atoms with E-state index in [0.717, 1.165) is 29.3 Å². The van der Waals surface area contributed by atoms with Gasteiger partial charge in [-0.05, 0) is 42.5 Å². The Kier molecular flexibility index (Phi) is 6.06. The van der Waals surface area contributed by atoms with Gasteiger partial charge in [0, 0.05) is 23.2 Å². The molecule has 0 spiro atoms. The minimum absolute atomic E-state index is 0.0895. The summed E-state index contributed by atoms with van der Waals surface area (Å²) in [4.78, 5) is 27.5. The van der Waals surface area contributed by atoms with Crippen LogP contribution >= 0.6 is 15.9 Å². The predicted octanol–water partition coefficient (Wildman–Crippen LogP) is 4.61. The largest absolute Gasteiger partial charge is 0.507 e. The highest BCUT2D eigenvalue weighted by Gasteiger charge is 2.47. The molecule has 5 nitrogen and oxygen atoms in total. The van der Waals surface area contributed by atoms with Crippen LogP contribution in [0.3, 0.4) is 0 Å². The average molecular weight is 470 g/mol. The average Bonchev–Trinajstić information content (AvgIpc) is 3.36. The fourth-order valence-corrected chi connectivity index (χ4v) is 4.39. The molecule has 2 atom stereocenters. The lowest BCUT2D eigenvalue weighted by Gasteiger charge is -2.27. The highest BCUT2D eigenvalue weighted by molar-refractivity contribution is 9.10. The Hall–Kier alpha value is -2.44. The Morgan fingerprint density at radius 3 is 2.43 bits per heavy atom.